The second kappa shape index (κ2) is 7.08. The molecule has 0 aromatic carbocycles. The molecule has 0 aliphatic rings. The number of esters is 1. The number of rotatable bonds is 5. The summed E-state index contributed by atoms with van der Waals surface area (Å²) in [5.41, 5.74) is -0.798. The maximum absolute atomic E-state index is 12.5. The number of ether oxygens (including phenoxy) is 1. The van der Waals surface area contributed by atoms with Gasteiger partial charge in [-0.2, -0.15) is 26.3 Å². The number of carbonyl (C=O) groups is 1. The van der Waals surface area contributed by atoms with E-state index in [4.69, 9.17) is 0 Å². The average Bonchev–Trinajstić information content (AvgIpc) is 2.20. The van der Waals surface area contributed by atoms with Crippen LogP contribution in [0.25, 0.3) is 0 Å². The third-order valence-electron chi connectivity index (χ3n) is 3.19. The fraction of sp³-hybridized carbons (Fsp3) is 0.929. The van der Waals surface area contributed by atoms with Crippen LogP contribution in [0.1, 0.15) is 47.5 Å². The van der Waals surface area contributed by atoms with Gasteiger partial charge >= 0.3 is 18.3 Å². The Kier molecular flexibility index (Phi) is 6.78. The molecule has 0 aromatic rings. The molecule has 0 aliphatic carbocycles. The molecule has 132 valence electrons. The van der Waals surface area contributed by atoms with Gasteiger partial charge in [-0.3, -0.25) is 4.79 Å². The molecule has 0 aromatic heterocycles. The number of carbonyl (C=O) groups excluding carboxylic acids is 1. The summed E-state index contributed by atoms with van der Waals surface area (Å²) >= 11 is 0. The first-order valence-corrected chi connectivity index (χ1v) is 6.90. The number of halogens is 6. The van der Waals surface area contributed by atoms with Crippen LogP contribution in [0.3, 0.4) is 0 Å². The van der Waals surface area contributed by atoms with E-state index >= 15 is 0 Å². The van der Waals surface area contributed by atoms with Crippen molar-refractivity contribution in [1.29, 1.82) is 0 Å². The molecule has 0 fully saturated rings. The topological polar surface area (TPSA) is 26.3 Å². The molecular weight excluding hydrogens is 314 g/mol. The molecular formula is C14H22F6O2. The number of alkyl halides is 6. The van der Waals surface area contributed by atoms with E-state index in [-0.39, 0.29) is 12.3 Å². The van der Waals surface area contributed by atoms with Crippen molar-refractivity contribution in [3.05, 3.63) is 0 Å². The summed E-state index contributed by atoms with van der Waals surface area (Å²) in [5.74, 6) is -2.34. The van der Waals surface area contributed by atoms with Crippen molar-refractivity contribution in [2.24, 2.45) is 17.3 Å². The van der Waals surface area contributed by atoms with Gasteiger partial charge in [0.05, 0.1) is 5.92 Å². The van der Waals surface area contributed by atoms with Crippen molar-refractivity contribution >= 4 is 5.97 Å². The fourth-order valence-corrected chi connectivity index (χ4v) is 1.92. The first-order chi connectivity index (χ1) is 9.56. The highest BCUT2D eigenvalue weighted by Gasteiger charge is 2.60. The quantitative estimate of drug-likeness (QED) is 0.514. The molecule has 0 rings (SSSR count). The van der Waals surface area contributed by atoms with E-state index in [1.807, 2.05) is 13.8 Å². The summed E-state index contributed by atoms with van der Waals surface area (Å²) in [6.07, 6.45) is -14.8. The summed E-state index contributed by atoms with van der Waals surface area (Å²) in [4.78, 5) is 11.9. The Labute approximate surface area is 126 Å². The second-order valence-electron chi connectivity index (χ2n) is 6.79. The van der Waals surface area contributed by atoms with Crippen LogP contribution in [-0.4, -0.2) is 24.4 Å². The maximum Gasteiger partial charge on any atom is 0.434 e. The van der Waals surface area contributed by atoms with E-state index in [0.717, 1.165) is 0 Å². The lowest BCUT2D eigenvalue weighted by atomic mass is 9.77. The summed E-state index contributed by atoms with van der Waals surface area (Å²) in [5, 5.41) is 0. The highest BCUT2D eigenvalue weighted by Crippen LogP contribution is 2.38. The lowest BCUT2D eigenvalue weighted by Gasteiger charge is -2.32. The van der Waals surface area contributed by atoms with Crippen LogP contribution in [0, 0.1) is 17.3 Å². The molecule has 8 heteroatoms. The van der Waals surface area contributed by atoms with E-state index in [9.17, 15) is 31.1 Å². The number of hydrogen-bond acceptors (Lipinski definition) is 2. The summed E-state index contributed by atoms with van der Waals surface area (Å²) < 4.78 is 78.5. The van der Waals surface area contributed by atoms with Gasteiger partial charge in [-0.15, -0.1) is 0 Å². The summed E-state index contributed by atoms with van der Waals surface area (Å²) in [6.45, 7) is 8.43. The Morgan fingerprint density at radius 1 is 0.909 bits per heavy atom. The third kappa shape index (κ3) is 6.87. The highest BCUT2D eigenvalue weighted by molar-refractivity contribution is 5.73. The molecule has 0 saturated heterocycles. The molecule has 1 atom stereocenters. The van der Waals surface area contributed by atoms with Crippen LogP contribution in [0.4, 0.5) is 26.3 Å². The monoisotopic (exact) mass is 336 g/mol. The molecule has 0 bridgehead atoms. The van der Waals surface area contributed by atoms with Crippen molar-refractivity contribution in [2.75, 3.05) is 0 Å². The predicted molar refractivity (Wildman–Crippen MR) is 69.0 cm³/mol. The van der Waals surface area contributed by atoms with E-state index in [1.54, 1.807) is 20.8 Å². The number of hydrogen-bond donors (Lipinski definition) is 0. The van der Waals surface area contributed by atoms with Gasteiger partial charge in [0.1, 0.15) is 0 Å². The van der Waals surface area contributed by atoms with Crippen LogP contribution in [0.2, 0.25) is 0 Å². The smallest absolute Gasteiger partial charge is 0.434 e. The average molecular weight is 336 g/mol. The van der Waals surface area contributed by atoms with Gasteiger partial charge in [0, 0.05) is 0 Å². The van der Waals surface area contributed by atoms with Crippen molar-refractivity contribution < 1.29 is 35.9 Å². The van der Waals surface area contributed by atoms with Crippen molar-refractivity contribution in [1.82, 2.24) is 0 Å². The minimum atomic E-state index is -5.69. The molecule has 2 nitrogen and oxygen atoms in total. The Hall–Kier alpha value is -0.950. The van der Waals surface area contributed by atoms with Crippen molar-refractivity contribution in [3.8, 4) is 0 Å². The minimum Gasteiger partial charge on any atom is -0.443 e. The van der Waals surface area contributed by atoms with Gasteiger partial charge < -0.3 is 4.74 Å². The second-order valence-corrected chi connectivity index (χ2v) is 6.79. The molecule has 0 radical (unpaired) electrons. The lowest BCUT2D eigenvalue weighted by Crippen LogP contribution is -2.47. The van der Waals surface area contributed by atoms with Gasteiger partial charge in [0.2, 0.25) is 0 Å². The molecule has 1 unspecified atom stereocenters. The predicted octanol–water partition coefficient (Wildman–Crippen LogP) is 5.12. The van der Waals surface area contributed by atoms with Crippen LogP contribution in [0.5, 0.6) is 0 Å². The van der Waals surface area contributed by atoms with E-state index < -0.39 is 35.8 Å². The van der Waals surface area contributed by atoms with E-state index in [0.29, 0.717) is 6.42 Å². The third-order valence-corrected chi connectivity index (χ3v) is 3.19. The van der Waals surface area contributed by atoms with Gasteiger partial charge in [-0.1, -0.05) is 41.0 Å². The van der Waals surface area contributed by atoms with Crippen LogP contribution in [0.15, 0.2) is 0 Å². The van der Waals surface area contributed by atoms with E-state index in [2.05, 4.69) is 4.74 Å². The summed E-state index contributed by atoms with van der Waals surface area (Å²) in [6, 6.07) is 0. The highest BCUT2D eigenvalue weighted by atomic mass is 19.4. The standard InChI is InChI=1S/C14H22F6O2/c1-8(2)6-7-9(12(3,4)5)10(21)22-11(13(15,16)17)14(18,19)20/h8-9,11H,6-7H2,1-5H3. The normalized spacial score (nSPS) is 15.3. The molecule has 0 spiro atoms. The zero-order chi connectivity index (χ0) is 17.9. The van der Waals surface area contributed by atoms with Gasteiger partial charge in [0.15, 0.2) is 0 Å². The van der Waals surface area contributed by atoms with Gasteiger partial charge in [-0.05, 0) is 17.8 Å². The molecule has 22 heavy (non-hydrogen) atoms. The maximum atomic E-state index is 12.5. The Morgan fingerprint density at radius 2 is 1.32 bits per heavy atom. The van der Waals surface area contributed by atoms with Gasteiger partial charge in [0.25, 0.3) is 6.10 Å². The Balaban J connectivity index is 5.23. The van der Waals surface area contributed by atoms with Crippen molar-refractivity contribution in [3.63, 3.8) is 0 Å². The minimum absolute atomic E-state index is 0.165. The van der Waals surface area contributed by atoms with Crippen molar-refractivity contribution in [2.45, 2.75) is 65.9 Å². The van der Waals surface area contributed by atoms with Gasteiger partial charge in [-0.25, -0.2) is 0 Å². The van der Waals surface area contributed by atoms with Crippen LogP contribution < -0.4 is 0 Å². The van der Waals surface area contributed by atoms with E-state index in [1.165, 1.54) is 0 Å². The first kappa shape index (κ1) is 21.0. The molecule has 0 saturated carbocycles. The first-order valence-electron chi connectivity index (χ1n) is 6.90. The molecule has 0 aliphatic heterocycles. The SMILES string of the molecule is CC(C)CCC(C(=O)OC(C(F)(F)F)C(F)(F)F)C(C)(C)C. The fourth-order valence-electron chi connectivity index (χ4n) is 1.92. The molecule has 0 amide bonds. The zero-order valence-electron chi connectivity index (χ0n) is 13.2. The summed E-state index contributed by atoms with van der Waals surface area (Å²) in [7, 11) is 0. The van der Waals surface area contributed by atoms with Crippen LogP contribution in [-0.2, 0) is 9.53 Å². The Bertz CT molecular complexity index is 351. The lowest BCUT2D eigenvalue weighted by molar-refractivity contribution is -0.315. The molecule has 0 heterocycles. The van der Waals surface area contributed by atoms with Crippen LogP contribution >= 0.6 is 0 Å². The largest absolute Gasteiger partial charge is 0.443 e. The zero-order valence-corrected chi connectivity index (χ0v) is 13.2. The molecule has 0 N–H and O–H groups in total. The Morgan fingerprint density at radius 3 is 1.59 bits per heavy atom.